The zero-order valence-electron chi connectivity index (χ0n) is 26.2. The molecule has 0 amide bonds. The molecule has 0 spiro atoms. The second-order valence-electron chi connectivity index (χ2n) is 13.4. The molecule has 0 aliphatic heterocycles. The van der Waals surface area contributed by atoms with E-state index in [1.165, 1.54) is 94.9 Å². The average molecular weight is 764 g/mol. The van der Waals surface area contributed by atoms with Gasteiger partial charge in [-0.15, -0.1) is 11.1 Å². The smallest absolute Gasteiger partial charge is 0.172 e. The summed E-state index contributed by atoms with van der Waals surface area (Å²) in [7, 11) is 0. The molecule has 0 aromatic heterocycles. The van der Waals surface area contributed by atoms with Crippen molar-refractivity contribution in [2.45, 2.75) is 90.9 Å². The predicted octanol–water partition coefficient (Wildman–Crippen LogP) is 4.40. The SMILES string of the molecule is CC(C)(C)c1[c-]c2c(cc1)-c1ccc(C(C)(C)C)cc1C2.[Cl-].[Cl-].[Hf+2]=[C](c1ccccc1)C1CCCCC1.c1cc[cH-]c1. The van der Waals surface area contributed by atoms with Crippen LogP contribution in [0, 0.1) is 12.0 Å². The Balaban J connectivity index is 0.000000253. The topological polar surface area (TPSA) is 0 Å². The molecule has 4 aromatic rings. The Kier molecular flexibility index (Phi) is 14.3. The molecule has 0 bridgehead atoms. The van der Waals surface area contributed by atoms with E-state index in [0.717, 1.165) is 12.3 Å². The Labute approximate surface area is 283 Å². The van der Waals surface area contributed by atoms with Crippen molar-refractivity contribution in [3.8, 4) is 11.1 Å². The molecule has 2 aliphatic rings. The van der Waals surface area contributed by atoms with E-state index < -0.39 is 0 Å². The fourth-order valence-corrected chi connectivity index (χ4v) is 7.23. The summed E-state index contributed by atoms with van der Waals surface area (Å²) in [5.74, 6) is 0.915. The Morgan fingerprint density at radius 1 is 0.738 bits per heavy atom. The first-order valence-electron chi connectivity index (χ1n) is 15.0. The molecule has 2 aliphatic carbocycles. The third-order valence-corrected chi connectivity index (χ3v) is 10.6. The van der Waals surface area contributed by atoms with Crippen LogP contribution in [0.2, 0.25) is 0 Å². The summed E-state index contributed by atoms with van der Waals surface area (Å²) >= 11 is 1.23. The average Bonchev–Trinajstić information content (AvgIpc) is 3.64. The Hall–Kier alpha value is -1.67. The zero-order valence-corrected chi connectivity index (χ0v) is 31.3. The second-order valence-corrected chi connectivity index (χ2v) is 15.3. The largest absolute Gasteiger partial charge is 0.214 e. The molecular formula is C39H46Cl2Hf-2. The van der Waals surface area contributed by atoms with Gasteiger partial charge in [0.05, 0.1) is 0 Å². The van der Waals surface area contributed by atoms with Crippen molar-refractivity contribution in [2.24, 2.45) is 5.92 Å². The number of hydrogen-bond donors (Lipinski definition) is 0. The van der Waals surface area contributed by atoms with Gasteiger partial charge < -0.3 is 24.8 Å². The fourth-order valence-electron chi connectivity index (χ4n) is 5.59. The third kappa shape index (κ3) is 9.93. The molecule has 3 heteroatoms. The molecule has 42 heavy (non-hydrogen) atoms. The number of benzene rings is 3. The molecule has 0 heterocycles. The summed E-state index contributed by atoms with van der Waals surface area (Å²) in [5.41, 5.74) is 10.2. The maximum Gasteiger partial charge on any atom is -0.172 e. The van der Waals surface area contributed by atoms with Crippen molar-refractivity contribution in [3.05, 3.63) is 125 Å². The van der Waals surface area contributed by atoms with Gasteiger partial charge in [0.2, 0.25) is 0 Å². The molecule has 222 valence electrons. The summed E-state index contributed by atoms with van der Waals surface area (Å²) in [6.45, 7) is 13.6. The Bertz CT molecular complexity index is 1290. The molecule has 0 unspecified atom stereocenters. The van der Waals surface area contributed by atoms with Crippen LogP contribution in [0.1, 0.15) is 101 Å². The molecule has 0 radical (unpaired) electrons. The van der Waals surface area contributed by atoms with E-state index >= 15 is 0 Å². The minimum atomic E-state index is 0. The zero-order chi connectivity index (χ0) is 28.8. The minimum Gasteiger partial charge on any atom is -0.214 e. The Morgan fingerprint density at radius 3 is 1.90 bits per heavy atom. The first-order chi connectivity index (χ1) is 19.0. The van der Waals surface area contributed by atoms with Crippen LogP contribution < -0.4 is 24.8 Å². The molecule has 1 saturated carbocycles. The van der Waals surface area contributed by atoms with Crippen molar-refractivity contribution >= 4 is 3.26 Å². The molecule has 0 N–H and O–H groups in total. The Morgan fingerprint density at radius 2 is 1.36 bits per heavy atom. The van der Waals surface area contributed by atoms with Crippen LogP contribution in [0.3, 0.4) is 0 Å². The first-order valence-corrected chi connectivity index (χ1v) is 16.8. The number of halogens is 2. The summed E-state index contributed by atoms with van der Waals surface area (Å²) in [4.78, 5) is 0. The van der Waals surface area contributed by atoms with E-state index in [1.807, 2.05) is 30.3 Å². The van der Waals surface area contributed by atoms with Crippen molar-refractivity contribution in [1.82, 2.24) is 0 Å². The summed E-state index contributed by atoms with van der Waals surface area (Å²) in [6.07, 6.45) is 8.26. The van der Waals surface area contributed by atoms with Crippen molar-refractivity contribution in [2.75, 3.05) is 0 Å². The van der Waals surface area contributed by atoms with E-state index in [-0.39, 0.29) is 35.6 Å². The standard InChI is InChI=1S/C21H25.C13H16.C5H5.2ClH.Hf/c1-20(2,3)16-7-9-18-14(12-16)11-15-13-17(21(4,5)6)8-10-19(15)18;1-3-7-12(8-4-1)11-13-9-5-2-6-10-13;1-2-4-5-3-1;;;/h7-10,12H,11H2,1-6H3;1,3-4,7-8,13H,2,5-6,9-10H2;1-5H;2*1H;/q-1;;-1;;;+2/p-2. The van der Waals surface area contributed by atoms with Crippen LogP contribution >= 0.6 is 0 Å². The van der Waals surface area contributed by atoms with Gasteiger partial charge in [0.25, 0.3) is 0 Å². The van der Waals surface area contributed by atoms with Crippen LogP contribution in [0.5, 0.6) is 0 Å². The quantitative estimate of drug-likeness (QED) is 0.185. The van der Waals surface area contributed by atoms with Gasteiger partial charge in [0.15, 0.2) is 0 Å². The van der Waals surface area contributed by atoms with E-state index in [4.69, 9.17) is 0 Å². The first kappa shape index (κ1) is 36.5. The minimum absolute atomic E-state index is 0. The molecule has 6 rings (SSSR count). The fraction of sp³-hybridized carbons (Fsp3) is 0.385. The van der Waals surface area contributed by atoms with E-state index in [1.54, 1.807) is 3.26 Å². The summed E-state index contributed by atoms with van der Waals surface area (Å²) in [5, 5.41) is 0. The molecular weight excluding hydrogens is 718 g/mol. The maximum atomic E-state index is 3.67. The second kappa shape index (κ2) is 16.4. The summed E-state index contributed by atoms with van der Waals surface area (Å²) < 4.78 is 1.74. The number of rotatable bonds is 2. The molecule has 0 saturated heterocycles. The molecule has 4 aromatic carbocycles. The van der Waals surface area contributed by atoms with Crippen molar-refractivity contribution in [3.63, 3.8) is 0 Å². The van der Waals surface area contributed by atoms with Gasteiger partial charge in [-0.3, -0.25) is 0 Å². The van der Waals surface area contributed by atoms with Crippen LogP contribution in [0.15, 0.2) is 91.0 Å². The van der Waals surface area contributed by atoms with Crippen LogP contribution in [-0.2, 0) is 41.1 Å². The van der Waals surface area contributed by atoms with Gasteiger partial charge in [-0.25, -0.2) is 12.1 Å². The molecule has 0 nitrogen and oxygen atoms in total. The van der Waals surface area contributed by atoms with Crippen LogP contribution in [0.25, 0.3) is 11.1 Å². The van der Waals surface area contributed by atoms with E-state index in [2.05, 4.69) is 108 Å². The van der Waals surface area contributed by atoms with Gasteiger partial charge in [0.1, 0.15) is 0 Å². The van der Waals surface area contributed by atoms with Gasteiger partial charge in [-0.2, -0.15) is 42.0 Å². The predicted molar refractivity (Wildman–Crippen MR) is 170 cm³/mol. The monoisotopic (exact) mass is 764 g/mol. The molecule has 0 atom stereocenters. The maximum absolute atomic E-state index is 3.67. The van der Waals surface area contributed by atoms with Gasteiger partial charge in [0, 0.05) is 0 Å². The van der Waals surface area contributed by atoms with Gasteiger partial charge >= 0.3 is 101 Å². The van der Waals surface area contributed by atoms with Gasteiger partial charge in [-0.05, 0) is 28.4 Å². The number of hydrogen-bond acceptors (Lipinski definition) is 0. The molecule has 1 fully saturated rings. The third-order valence-electron chi connectivity index (χ3n) is 8.12. The van der Waals surface area contributed by atoms with Crippen molar-refractivity contribution in [1.29, 1.82) is 0 Å². The van der Waals surface area contributed by atoms with Gasteiger partial charge in [-0.1, -0.05) is 65.3 Å². The van der Waals surface area contributed by atoms with E-state index in [0.29, 0.717) is 0 Å². The van der Waals surface area contributed by atoms with Crippen molar-refractivity contribution < 1.29 is 48.7 Å². The normalized spacial score (nSPS) is 14.0. The van der Waals surface area contributed by atoms with Crippen LogP contribution in [0.4, 0.5) is 0 Å². The number of fused-ring (bicyclic) bond motifs is 3. The van der Waals surface area contributed by atoms with E-state index in [9.17, 15) is 0 Å². The van der Waals surface area contributed by atoms with Crippen LogP contribution in [-0.4, -0.2) is 3.26 Å². The summed E-state index contributed by atoms with van der Waals surface area (Å²) in [6, 6.07) is 36.2.